The van der Waals surface area contributed by atoms with Crippen molar-refractivity contribution in [1.29, 1.82) is 0 Å². The summed E-state index contributed by atoms with van der Waals surface area (Å²) in [7, 11) is 0. The number of nitrogens with one attached hydrogen (secondary N) is 2. The lowest BCUT2D eigenvalue weighted by molar-refractivity contribution is 0.103. The highest BCUT2D eigenvalue weighted by molar-refractivity contribution is 6.42. The molecule has 2 N–H and O–H groups in total. The summed E-state index contributed by atoms with van der Waals surface area (Å²) in [5, 5.41) is 5.46. The van der Waals surface area contributed by atoms with Crippen LogP contribution in [0.4, 0.5) is 0 Å². The highest BCUT2D eigenvalue weighted by Gasteiger charge is 2.41. The van der Waals surface area contributed by atoms with E-state index in [-0.39, 0.29) is 12.0 Å². The van der Waals surface area contributed by atoms with E-state index < -0.39 is 0 Å². The Morgan fingerprint density at radius 3 is 2.89 bits per heavy atom. The van der Waals surface area contributed by atoms with Crippen LogP contribution in [-0.4, -0.2) is 35.2 Å². The van der Waals surface area contributed by atoms with Crippen LogP contribution in [0.15, 0.2) is 22.7 Å². The number of benzene rings is 1. The molecule has 0 amide bonds. The lowest BCUT2D eigenvalue weighted by Crippen LogP contribution is -2.52. The first-order valence-corrected chi connectivity index (χ1v) is 10.4. The highest BCUT2D eigenvalue weighted by Crippen LogP contribution is 2.35. The van der Waals surface area contributed by atoms with Gasteiger partial charge in [0, 0.05) is 30.7 Å². The zero-order valence-electron chi connectivity index (χ0n) is 15.8. The Morgan fingerprint density at radius 1 is 1.26 bits per heavy atom. The van der Waals surface area contributed by atoms with Gasteiger partial charge in [0.2, 0.25) is 0 Å². The van der Waals surface area contributed by atoms with Crippen molar-refractivity contribution >= 4 is 23.2 Å². The number of nitrogens with zero attached hydrogens (tertiary/aromatic N) is 2. The van der Waals surface area contributed by atoms with Crippen LogP contribution in [0.25, 0.3) is 0 Å². The molecule has 5 nitrogen and oxygen atoms in total. The fraction of sp³-hybridized carbons (Fsp3) is 0.550. The molecule has 2 aliphatic rings. The van der Waals surface area contributed by atoms with Crippen molar-refractivity contribution in [3.63, 3.8) is 0 Å². The molecule has 0 spiro atoms. The molecule has 2 aromatic rings. The van der Waals surface area contributed by atoms with E-state index in [1.165, 1.54) is 12.8 Å². The van der Waals surface area contributed by atoms with E-state index in [4.69, 9.17) is 27.7 Å². The average Bonchev–Trinajstić information content (AvgIpc) is 3.27. The van der Waals surface area contributed by atoms with Crippen LogP contribution in [0.2, 0.25) is 10.0 Å². The molecule has 0 bridgehead atoms. The number of aryl methyl sites for hydroxylation is 1. The van der Waals surface area contributed by atoms with Crippen LogP contribution in [-0.2, 0) is 6.54 Å². The van der Waals surface area contributed by atoms with Crippen molar-refractivity contribution in [2.45, 2.75) is 57.7 Å². The molecule has 0 radical (unpaired) electrons. The Kier molecular flexibility index (Phi) is 5.76. The van der Waals surface area contributed by atoms with Crippen molar-refractivity contribution in [1.82, 2.24) is 20.9 Å². The molecule has 2 aliphatic heterocycles. The third-order valence-electron chi connectivity index (χ3n) is 6.04. The summed E-state index contributed by atoms with van der Waals surface area (Å²) >= 11 is 12.7. The lowest BCUT2D eigenvalue weighted by Gasteiger charge is -2.40. The minimum Gasteiger partial charge on any atom is -0.360 e. The fourth-order valence-electron chi connectivity index (χ4n) is 4.42. The molecule has 4 rings (SSSR count). The first-order chi connectivity index (χ1) is 13.1. The number of rotatable bonds is 4. The van der Waals surface area contributed by atoms with Gasteiger partial charge in [-0.15, -0.1) is 0 Å². The van der Waals surface area contributed by atoms with Crippen molar-refractivity contribution in [3.8, 4) is 0 Å². The number of likely N-dealkylation sites (tertiary alicyclic amines) is 1. The molecule has 0 aliphatic carbocycles. The van der Waals surface area contributed by atoms with Gasteiger partial charge in [0.25, 0.3) is 0 Å². The molecule has 0 saturated carbocycles. The maximum Gasteiger partial charge on any atom is 0.145 e. The molecule has 3 heterocycles. The Hall–Kier alpha value is -1.11. The van der Waals surface area contributed by atoms with Gasteiger partial charge < -0.3 is 4.52 Å². The fourth-order valence-corrected chi connectivity index (χ4v) is 4.80. The van der Waals surface area contributed by atoms with Gasteiger partial charge in [0.15, 0.2) is 0 Å². The number of hydrazine groups is 1. The highest BCUT2D eigenvalue weighted by atomic mass is 35.5. The molecule has 7 heteroatoms. The second-order valence-corrected chi connectivity index (χ2v) is 8.45. The number of piperidine rings is 1. The quantitative estimate of drug-likeness (QED) is 0.792. The Bertz CT molecular complexity index is 809. The van der Waals surface area contributed by atoms with Crippen molar-refractivity contribution in [3.05, 3.63) is 50.8 Å². The maximum absolute atomic E-state index is 6.46. The second-order valence-electron chi connectivity index (χ2n) is 7.66. The van der Waals surface area contributed by atoms with Gasteiger partial charge in [-0.25, -0.2) is 0 Å². The summed E-state index contributed by atoms with van der Waals surface area (Å²) in [6, 6.07) is 6.56. The molecular weight excluding hydrogens is 383 g/mol. The first-order valence-electron chi connectivity index (χ1n) is 9.64. The Labute approximate surface area is 170 Å². The third kappa shape index (κ3) is 3.76. The lowest BCUT2D eigenvalue weighted by atomic mass is 9.85. The van der Waals surface area contributed by atoms with E-state index in [0.29, 0.717) is 16.1 Å². The Morgan fingerprint density at radius 2 is 2.11 bits per heavy atom. The molecule has 2 saturated heterocycles. The van der Waals surface area contributed by atoms with Crippen molar-refractivity contribution in [2.75, 3.05) is 13.1 Å². The molecule has 1 aromatic heterocycles. The van der Waals surface area contributed by atoms with E-state index in [9.17, 15) is 0 Å². The SMILES string of the molecule is Cc1noc(C2CNNC2C2CCCCN2Cc2cccc(Cl)c2Cl)c1C. The van der Waals surface area contributed by atoms with Crippen LogP contribution >= 0.6 is 23.2 Å². The van der Waals surface area contributed by atoms with Gasteiger partial charge >= 0.3 is 0 Å². The van der Waals surface area contributed by atoms with Gasteiger partial charge in [-0.3, -0.25) is 15.8 Å². The van der Waals surface area contributed by atoms with Gasteiger partial charge in [-0.05, 0) is 44.9 Å². The van der Waals surface area contributed by atoms with E-state index in [0.717, 1.165) is 48.6 Å². The maximum atomic E-state index is 6.46. The largest absolute Gasteiger partial charge is 0.360 e. The standard InChI is InChI=1S/C20H26Cl2N4O/c1-12-13(2)25-27-20(12)15-10-23-24-19(15)17-8-3-4-9-26(17)11-14-6-5-7-16(21)18(14)22/h5-7,15,17,19,23-24H,3-4,8-11H2,1-2H3. The van der Waals surface area contributed by atoms with E-state index >= 15 is 0 Å². The molecule has 146 valence electrons. The minimum absolute atomic E-state index is 0.270. The summed E-state index contributed by atoms with van der Waals surface area (Å²) in [5.74, 6) is 1.27. The zero-order valence-corrected chi connectivity index (χ0v) is 17.3. The van der Waals surface area contributed by atoms with Gasteiger partial charge in [0.1, 0.15) is 5.76 Å². The van der Waals surface area contributed by atoms with E-state index in [2.05, 4.69) is 33.9 Å². The smallest absolute Gasteiger partial charge is 0.145 e. The predicted molar refractivity (Wildman–Crippen MR) is 108 cm³/mol. The monoisotopic (exact) mass is 408 g/mol. The van der Waals surface area contributed by atoms with Crippen LogP contribution < -0.4 is 10.9 Å². The number of aromatic nitrogens is 1. The van der Waals surface area contributed by atoms with Gasteiger partial charge in [0.05, 0.1) is 21.7 Å². The molecular formula is C20H26Cl2N4O. The Balaban J connectivity index is 1.58. The summed E-state index contributed by atoms with van der Waals surface area (Å²) in [6.07, 6.45) is 3.60. The third-order valence-corrected chi connectivity index (χ3v) is 6.90. The summed E-state index contributed by atoms with van der Waals surface area (Å²) in [4.78, 5) is 2.54. The van der Waals surface area contributed by atoms with E-state index in [1.807, 2.05) is 19.1 Å². The molecule has 1 aromatic carbocycles. The predicted octanol–water partition coefficient (Wildman–Crippen LogP) is 4.21. The normalized spacial score (nSPS) is 26.6. The van der Waals surface area contributed by atoms with Crippen molar-refractivity contribution < 1.29 is 4.52 Å². The van der Waals surface area contributed by atoms with Gasteiger partial charge in [-0.2, -0.15) is 0 Å². The van der Waals surface area contributed by atoms with Crippen LogP contribution in [0.1, 0.15) is 47.8 Å². The molecule has 27 heavy (non-hydrogen) atoms. The van der Waals surface area contributed by atoms with Crippen LogP contribution in [0, 0.1) is 13.8 Å². The van der Waals surface area contributed by atoms with Crippen molar-refractivity contribution in [2.24, 2.45) is 0 Å². The number of hydrogen-bond donors (Lipinski definition) is 2. The topological polar surface area (TPSA) is 53.3 Å². The summed E-state index contributed by atoms with van der Waals surface area (Å²) in [6.45, 7) is 6.82. The molecule has 2 fully saturated rings. The first kappa shape index (κ1) is 19.2. The average molecular weight is 409 g/mol. The van der Waals surface area contributed by atoms with Crippen LogP contribution in [0.5, 0.6) is 0 Å². The molecule has 3 unspecified atom stereocenters. The summed E-state index contributed by atoms with van der Waals surface area (Å²) in [5.41, 5.74) is 10.1. The molecule has 3 atom stereocenters. The number of hydrogen-bond acceptors (Lipinski definition) is 5. The van der Waals surface area contributed by atoms with Gasteiger partial charge in [-0.1, -0.05) is 46.9 Å². The minimum atomic E-state index is 0.270. The number of halogens is 2. The van der Waals surface area contributed by atoms with E-state index in [1.54, 1.807) is 0 Å². The van der Waals surface area contributed by atoms with Crippen LogP contribution in [0.3, 0.4) is 0 Å². The summed E-state index contributed by atoms with van der Waals surface area (Å²) < 4.78 is 5.70. The second kappa shape index (κ2) is 8.10. The zero-order chi connectivity index (χ0) is 19.0.